The molecule has 1 heterocycles. The van der Waals surface area contributed by atoms with Crippen LogP contribution in [0.4, 0.5) is 5.13 Å². The fourth-order valence-corrected chi connectivity index (χ4v) is 2.48. The molecule has 0 bridgehead atoms. The van der Waals surface area contributed by atoms with E-state index >= 15 is 0 Å². The molecule has 0 aliphatic carbocycles. The van der Waals surface area contributed by atoms with Gasteiger partial charge in [-0.15, -0.1) is 0 Å². The molecule has 0 amide bonds. The number of ketones is 1. The second-order valence-electron chi connectivity index (χ2n) is 4.23. The number of rotatable bonds is 7. The fraction of sp³-hybridized carbons (Fsp3) is 0.615. The van der Waals surface area contributed by atoms with Crippen LogP contribution in [-0.4, -0.2) is 36.9 Å². The Bertz CT molecular complexity index is 457. The van der Waals surface area contributed by atoms with Crippen LogP contribution in [0.25, 0.3) is 0 Å². The van der Waals surface area contributed by atoms with Gasteiger partial charge in [-0.1, -0.05) is 24.7 Å². The first-order chi connectivity index (χ1) is 9.01. The van der Waals surface area contributed by atoms with Crippen molar-refractivity contribution in [3.8, 4) is 0 Å². The lowest BCUT2D eigenvalue weighted by molar-refractivity contribution is 0.0517. The monoisotopic (exact) mass is 284 g/mol. The summed E-state index contributed by atoms with van der Waals surface area (Å²) < 4.78 is 4.93. The number of hydrogen-bond donors (Lipinski definition) is 0. The number of aromatic nitrogens is 1. The standard InChI is InChI=1S/C13H20N2O3S/c1-5-7-8-15(4)13-14-10(12(17)18-6-2)11(19-13)9(3)16/h5-8H2,1-4H3. The number of thiazole rings is 1. The van der Waals surface area contributed by atoms with E-state index in [2.05, 4.69) is 11.9 Å². The lowest BCUT2D eigenvalue weighted by Crippen LogP contribution is -2.18. The summed E-state index contributed by atoms with van der Waals surface area (Å²) in [6.45, 7) is 6.40. The number of esters is 1. The molecule has 0 aliphatic heterocycles. The number of unbranched alkanes of at least 4 members (excludes halogenated alkanes) is 1. The molecule has 0 fully saturated rings. The van der Waals surface area contributed by atoms with Crippen LogP contribution in [0.3, 0.4) is 0 Å². The molecule has 6 heteroatoms. The van der Waals surface area contributed by atoms with Gasteiger partial charge in [0.15, 0.2) is 16.6 Å². The minimum absolute atomic E-state index is 0.137. The third-order valence-electron chi connectivity index (χ3n) is 2.58. The van der Waals surface area contributed by atoms with E-state index in [1.165, 1.54) is 18.3 Å². The predicted octanol–water partition coefficient (Wildman–Crippen LogP) is 2.76. The number of ether oxygens (including phenoxy) is 1. The van der Waals surface area contributed by atoms with Crippen molar-refractivity contribution in [2.45, 2.75) is 33.6 Å². The summed E-state index contributed by atoms with van der Waals surface area (Å²) >= 11 is 1.24. The summed E-state index contributed by atoms with van der Waals surface area (Å²) in [6, 6.07) is 0. The molecule has 1 aromatic rings. The van der Waals surface area contributed by atoms with Crippen LogP contribution in [0.5, 0.6) is 0 Å². The van der Waals surface area contributed by atoms with Crippen molar-refractivity contribution in [3.63, 3.8) is 0 Å². The fourth-order valence-electron chi connectivity index (χ4n) is 1.54. The molecule has 19 heavy (non-hydrogen) atoms. The second kappa shape index (κ2) is 7.23. The van der Waals surface area contributed by atoms with Gasteiger partial charge in [0.2, 0.25) is 0 Å². The summed E-state index contributed by atoms with van der Waals surface area (Å²) in [5.41, 5.74) is 0.137. The highest BCUT2D eigenvalue weighted by atomic mass is 32.1. The van der Waals surface area contributed by atoms with Crippen LogP contribution < -0.4 is 4.90 Å². The molecule has 106 valence electrons. The average Bonchev–Trinajstić information content (AvgIpc) is 2.81. The second-order valence-corrected chi connectivity index (χ2v) is 5.20. The molecule has 1 rings (SSSR count). The summed E-state index contributed by atoms with van der Waals surface area (Å²) in [6.07, 6.45) is 2.13. The molecule has 5 nitrogen and oxygen atoms in total. The van der Waals surface area contributed by atoms with Gasteiger partial charge < -0.3 is 9.64 Å². The Morgan fingerprint density at radius 2 is 2.05 bits per heavy atom. The zero-order valence-corrected chi connectivity index (χ0v) is 12.7. The third kappa shape index (κ3) is 4.02. The first-order valence-corrected chi connectivity index (χ1v) is 7.22. The molecule has 0 atom stereocenters. The molecule has 0 saturated carbocycles. The van der Waals surface area contributed by atoms with Gasteiger partial charge in [-0.25, -0.2) is 9.78 Å². The highest BCUT2D eigenvalue weighted by molar-refractivity contribution is 7.17. The van der Waals surface area contributed by atoms with Gasteiger partial charge >= 0.3 is 5.97 Å². The van der Waals surface area contributed by atoms with Crippen LogP contribution in [-0.2, 0) is 4.74 Å². The van der Waals surface area contributed by atoms with Gasteiger partial charge in [-0.2, -0.15) is 0 Å². The van der Waals surface area contributed by atoms with Crippen molar-refractivity contribution in [2.24, 2.45) is 0 Å². The Morgan fingerprint density at radius 1 is 1.37 bits per heavy atom. The number of nitrogens with zero attached hydrogens (tertiary/aromatic N) is 2. The maximum Gasteiger partial charge on any atom is 0.358 e. The molecular weight excluding hydrogens is 264 g/mol. The van der Waals surface area contributed by atoms with Gasteiger partial charge in [0.1, 0.15) is 4.88 Å². The summed E-state index contributed by atoms with van der Waals surface area (Å²) in [5, 5.41) is 0.682. The smallest absolute Gasteiger partial charge is 0.358 e. The van der Waals surface area contributed by atoms with Crippen molar-refractivity contribution in [1.29, 1.82) is 0 Å². The Hall–Kier alpha value is -1.43. The van der Waals surface area contributed by atoms with E-state index in [4.69, 9.17) is 4.74 Å². The van der Waals surface area contributed by atoms with Crippen LogP contribution >= 0.6 is 11.3 Å². The van der Waals surface area contributed by atoms with E-state index in [-0.39, 0.29) is 18.1 Å². The van der Waals surface area contributed by atoms with E-state index in [1.54, 1.807) is 6.92 Å². The quantitative estimate of drug-likeness (QED) is 0.569. The number of carbonyl (C=O) groups is 2. The lowest BCUT2D eigenvalue weighted by atomic mass is 10.3. The van der Waals surface area contributed by atoms with Crippen LogP contribution in [0.15, 0.2) is 0 Å². The molecule has 0 saturated heterocycles. The van der Waals surface area contributed by atoms with Crippen molar-refractivity contribution >= 4 is 28.2 Å². The Morgan fingerprint density at radius 3 is 2.58 bits per heavy atom. The van der Waals surface area contributed by atoms with Crippen LogP contribution in [0.1, 0.15) is 53.8 Å². The van der Waals surface area contributed by atoms with E-state index in [0.29, 0.717) is 10.0 Å². The number of carbonyl (C=O) groups excluding carboxylic acids is 2. The minimum atomic E-state index is -0.529. The van der Waals surface area contributed by atoms with Gasteiger partial charge in [0.25, 0.3) is 0 Å². The molecule has 0 spiro atoms. The Balaban J connectivity index is 3.00. The van der Waals surface area contributed by atoms with Crippen molar-refractivity contribution in [1.82, 2.24) is 4.98 Å². The van der Waals surface area contributed by atoms with Gasteiger partial charge in [-0.3, -0.25) is 4.79 Å². The largest absolute Gasteiger partial charge is 0.461 e. The Kier molecular flexibility index (Phi) is 5.95. The van der Waals surface area contributed by atoms with E-state index < -0.39 is 5.97 Å². The Labute approximate surface area is 117 Å². The maximum atomic E-state index is 11.8. The number of anilines is 1. The normalized spacial score (nSPS) is 10.3. The highest BCUT2D eigenvalue weighted by Gasteiger charge is 2.23. The molecule has 1 aromatic heterocycles. The summed E-state index contributed by atoms with van der Waals surface area (Å²) in [7, 11) is 1.91. The van der Waals surface area contributed by atoms with Crippen molar-refractivity contribution in [3.05, 3.63) is 10.6 Å². The molecule has 0 unspecified atom stereocenters. The molecular formula is C13H20N2O3S. The average molecular weight is 284 g/mol. The topological polar surface area (TPSA) is 59.5 Å². The van der Waals surface area contributed by atoms with Crippen molar-refractivity contribution in [2.75, 3.05) is 25.1 Å². The zero-order chi connectivity index (χ0) is 14.4. The van der Waals surface area contributed by atoms with Gasteiger partial charge in [0, 0.05) is 20.5 Å². The molecule has 0 aromatic carbocycles. The zero-order valence-electron chi connectivity index (χ0n) is 11.9. The van der Waals surface area contributed by atoms with Gasteiger partial charge in [0.05, 0.1) is 6.61 Å². The first-order valence-electron chi connectivity index (χ1n) is 6.41. The van der Waals surface area contributed by atoms with Crippen LogP contribution in [0.2, 0.25) is 0 Å². The molecule has 0 N–H and O–H groups in total. The van der Waals surface area contributed by atoms with E-state index in [0.717, 1.165) is 19.4 Å². The third-order valence-corrected chi connectivity index (χ3v) is 3.85. The van der Waals surface area contributed by atoms with E-state index in [1.807, 2.05) is 11.9 Å². The van der Waals surface area contributed by atoms with Crippen molar-refractivity contribution < 1.29 is 14.3 Å². The maximum absolute atomic E-state index is 11.8. The SMILES string of the molecule is CCCCN(C)c1nc(C(=O)OCC)c(C(C)=O)s1. The van der Waals surface area contributed by atoms with Crippen LogP contribution in [0, 0.1) is 0 Å². The number of Topliss-reactive ketones (excluding diaryl/α,β-unsaturated/α-hetero) is 1. The summed E-state index contributed by atoms with van der Waals surface area (Å²) in [4.78, 5) is 29.9. The van der Waals surface area contributed by atoms with Gasteiger partial charge in [-0.05, 0) is 13.3 Å². The molecule has 0 radical (unpaired) electrons. The molecule has 0 aliphatic rings. The highest BCUT2D eigenvalue weighted by Crippen LogP contribution is 2.27. The predicted molar refractivity (Wildman–Crippen MR) is 76.3 cm³/mol. The minimum Gasteiger partial charge on any atom is -0.461 e. The summed E-state index contributed by atoms with van der Waals surface area (Å²) in [5.74, 6) is -0.685. The number of hydrogen-bond acceptors (Lipinski definition) is 6. The first kappa shape index (κ1) is 15.6. The lowest BCUT2D eigenvalue weighted by Gasteiger charge is -2.14. The van der Waals surface area contributed by atoms with E-state index in [9.17, 15) is 9.59 Å².